The van der Waals surface area contributed by atoms with Crippen LogP contribution in [-0.2, 0) is 7.05 Å². The Morgan fingerprint density at radius 3 is 3.00 bits per heavy atom. The predicted molar refractivity (Wildman–Crippen MR) is 73.6 cm³/mol. The molecule has 1 saturated carbocycles. The minimum atomic E-state index is 0.526. The van der Waals surface area contributed by atoms with E-state index in [1.165, 1.54) is 19.3 Å². The van der Waals surface area contributed by atoms with Gasteiger partial charge < -0.3 is 9.88 Å². The van der Waals surface area contributed by atoms with E-state index < -0.39 is 0 Å². The number of rotatable bonds is 5. The summed E-state index contributed by atoms with van der Waals surface area (Å²) in [6, 6.07) is 2.53. The second-order valence-electron chi connectivity index (χ2n) is 5.31. The summed E-state index contributed by atoms with van der Waals surface area (Å²) in [5.74, 6) is 1.87. The van der Waals surface area contributed by atoms with E-state index in [1.807, 2.05) is 30.2 Å². The summed E-state index contributed by atoms with van der Waals surface area (Å²) in [6.07, 6.45) is 8.91. The van der Waals surface area contributed by atoms with Crippen LogP contribution in [0.3, 0.4) is 0 Å². The number of imidazole rings is 1. The zero-order valence-corrected chi connectivity index (χ0v) is 11.1. The minimum absolute atomic E-state index is 0.526. The summed E-state index contributed by atoms with van der Waals surface area (Å²) in [5, 5.41) is 3.57. The lowest BCUT2D eigenvalue weighted by Gasteiger charge is -2.17. The van der Waals surface area contributed by atoms with Crippen LogP contribution in [0.15, 0.2) is 18.6 Å². The Balaban J connectivity index is 1.84. The van der Waals surface area contributed by atoms with E-state index in [1.54, 1.807) is 0 Å². The number of aryl methyl sites for hydroxylation is 1. The molecular formula is C14H20N4. The molecule has 1 N–H and O–H groups in total. The molecule has 4 heteroatoms. The largest absolute Gasteiger partial charge is 0.365 e. The number of pyridine rings is 1. The normalized spacial score (nSPS) is 17.0. The van der Waals surface area contributed by atoms with E-state index in [2.05, 4.69) is 22.2 Å². The third-order valence-electron chi connectivity index (χ3n) is 3.79. The van der Waals surface area contributed by atoms with Crippen LogP contribution >= 0.6 is 0 Å². The van der Waals surface area contributed by atoms with Crippen molar-refractivity contribution in [3.8, 4) is 0 Å². The molecular weight excluding hydrogens is 224 g/mol. The van der Waals surface area contributed by atoms with Gasteiger partial charge in [-0.15, -0.1) is 0 Å². The second kappa shape index (κ2) is 4.59. The molecule has 1 unspecified atom stereocenters. The summed E-state index contributed by atoms with van der Waals surface area (Å²) in [5.41, 5.74) is 2.11. The van der Waals surface area contributed by atoms with Gasteiger partial charge in [0.15, 0.2) is 5.82 Å². The molecule has 0 aliphatic heterocycles. The third-order valence-corrected chi connectivity index (χ3v) is 3.79. The van der Waals surface area contributed by atoms with Crippen molar-refractivity contribution < 1.29 is 0 Å². The highest BCUT2D eigenvalue weighted by Crippen LogP contribution is 2.35. The fourth-order valence-corrected chi connectivity index (χ4v) is 2.44. The van der Waals surface area contributed by atoms with E-state index >= 15 is 0 Å². The van der Waals surface area contributed by atoms with Crippen molar-refractivity contribution in [3.63, 3.8) is 0 Å². The van der Waals surface area contributed by atoms with Gasteiger partial charge in [0.25, 0.3) is 0 Å². The number of hydrogen-bond donors (Lipinski definition) is 1. The van der Waals surface area contributed by atoms with Crippen LogP contribution in [0.4, 0.5) is 5.82 Å². The van der Waals surface area contributed by atoms with Gasteiger partial charge in [-0.05, 0) is 24.8 Å². The smallest absolute Gasteiger partial charge is 0.154 e. The number of nitrogens with zero attached hydrogens (tertiary/aromatic N) is 3. The standard InChI is InChI=1S/C14H20N4/c1-3-11(8-10-4-5-10)17-14-13-12(6-7-15-14)18(2)9-16-13/h6-7,9-11H,3-5,8H2,1-2H3,(H,15,17). The van der Waals surface area contributed by atoms with Crippen LogP contribution in [0.5, 0.6) is 0 Å². The molecule has 2 aromatic rings. The van der Waals surface area contributed by atoms with Gasteiger partial charge in [-0.3, -0.25) is 0 Å². The highest BCUT2D eigenvalue weighted by Gasteiger charge is 2.25. The van der Waals surface area contributed by atoms with Crippen LogP contribution in [-0.4, -0.2) is 20.6 Å². The van der Waals surface area contributed by atoms with Crippen molar-refractivity contribution in [3.05, 3.63) is 18.6 Å². The predicted octanol–water partition coefficient (Wildman–Crippen LogP) is 2.96. The first kappa shape index (κ1) is 11.5. The lowest BCUT2D eigenvalue weighted by atomic mass is 10.1. The average Bonchev–Trinajstić information content (AvgIpc) is 3.12. The maximum atomic E-state index is 4.45. The first-order valence-corrected chi connectivity index (χ1v) is 6.80. The molecule has 2 aromatic heterocycles. The van der Waals surface area contributed by atoms with Gasteiger partial charge >= 0.3 is 0 Å². The van der Waals surface area contributed by atoms with Gasteiger partial charge in [0.05, 0.1) is 11.8 Å². The van der Waals surface area contributed by atoms with Crippen LogP contribution in [0.25, 0.3) is 11.0 Å². The van der Waals surface area contributed by atoms with E-state index in [9.17, 15) is 0 Å². The van der Waals surface area contributed by atoms with Gasteiger partial charge in [0.1, 0.15) is 5.52 Å². The van der Waals surface area contributed by atoms with E-state index in [0.717, 1.165) is 29.2 Å². The fraction of sp³-hybridized carbons (Fsp3) is 0.571. The van der Waals surface area contributed by atoms with Crippen molar-refractivity contribution in [2.24, 2.45) is 13.0 Å². The quantitative estimate of drug-likeness (QED) is 0.879. The molecule has 1 aliphatic rings. The molecule has 1 atom stereocenters. The number of hydrogen-bond acceptors (Lipinski definition) is 3. The molecule has 0 spiro atoms. The van der Waals surface area contributed by atoms with E-state index in [4.69, 9.17) is 0 Å². The third kappa shape index (κ3) is 2.19. The average molecular weight is 244 g/mol. The lowest BCUT2D eigenvalue weighted by molar-refractivity contribution is 0.585. The molecule has 0 aromatic carbocycles. The van der Waals surface area contributed by atoms with Crippen molar-refractivity contribution >= 4 is 16.9 Å². The van der Waals surface area contributed by atoms with Crippen molar-refractivity contribution in [1.82, 2.24) is 14.5 Å². The van der Waals surface area contributed by atoms with Gasteiger partial charge in [-0.1, -0.05) is 19.8 Å². The number of anilines is 1. The number of fused-ring (bicyclic) bond motifs is 1. The molecule has 0 amide bonds. The molecule has 18 heavy (non-hydrogen) atoms. The summed E-state index contributed by atoms with van der Waals surface area (Å²) in [4.78, 5) is 8.89. The van der Waals surface area contributed by atoms with Gasteiger partial charge in [0, 0.05) is 19.3 Å². The summed E-state index contributed by atoms with van der Waals surface area (Å²) >= 11 is 0. The second-order valence-corrected chi connectivity index (χ2v) is 5.31. The summed E-state index contributed by atoms with van der Waals surface area (Å²) in [7, 11) is 2.01. The first-order chi connectivity index (χ1) is 8.78. The topological polar surface area (TPSA) is 42.7 Å². The van der Waals surface area contributed by atoms with Crippen molar-refractivity contribution in [1.29, 1.82) is 0 Å². The minimum Gasteiger partial charge on any atom is -0.365 e. The van der Waals surface area contributed by atoms with E-state index in [-0.39, 0.29) is 0 Å². The highest BCUT2D eigenvalue weighted by molar-refractivity contribution is 5.85. The molecule has 1 fully saturated rings. The SMILES string of the molecule is CCC(CC1CC1)Nc1nccc2c1ncn2C. The Morgan fingerprint density at radius 2 is 2.28 bits per heavy atom. The maximum Gasteiger partial charge on any atom is 0.154 e. The first-order valence-electron chi connectivity index (χ1n) is 6.80. The molecule has 0 saturated heterocycles. The molecule has 0 bridgehead atoms. The highest BCUT2D eigenvalue weighted by atomic mass is 15.1. The maximum absolute atomic E-state index is 4.45. The van der Waals surface area contributed by atoms with Crippen LogP contribution in [0.1, 0.15) is 32.6 Å². The molecule has 1 aliphatic carbocycles. The van der Waals surface area contributed by atoms with E-state index in [0.29, 0.717) is 6.04 Å². The Labute approximate surface area is 107 Å². The molecule has 96 valence electrons. The Morgan fingerprint density at radius 1 is 1.44 bits per heavy atom. The Bertz CT molecular complexity index is 542. The fourth-order valence-electron chi connectivity index (χ4n) is 2.44. The molecule has 0 radical (unpaired) electrons. The molecule has 2 heterocycles. The van der Waals surface area contributed by atoms with Crippen LogP contribution in [0, 0.1) is 5.92 Å². The molecule has 4 nitrogen and oxygen atoms in total. The Hall–Kier alpha value is -1.58. The Kier molecular flexibility index (Phi) is 2.94. The lowest BCUT2D eigenvalue weighted by Crippen LogP contribution is -2.20. The van der Waals surface area contributed by atoms with Crippen LogP contribution < -0.4 is 5.32 Å². The van der Waals surface area contributed by atoms with Gasteiger partial charge in [-0.25, -0.2) is 9.97 Å². The summed E-state index contributed by atoms with van der Waals surface area (Å²) < 4.78 is 2.03. The zero-order chi connectivity index (χ0) is 12.5. The monoisotopic (exact) mass is 244 g/mol. The zero-order valence-electron chi connectivity index (χ0n) is 11.1. The molecule has 3 rings (SSSR count). The number of aromatic nitrogens is 3. The van der Waals surface area contributed by atoms with Gasteiger partial charge in [0.2, 0.25) is 0 Å². The van der Waals surface area contributed by atoms with Crippen LogP contribution in [0.2, 0.25) is 0 Å². The van der Waals surface area contributed by atoms with Gasteiger partial charge in [-0.2, -0.15) is 0 Å². The number of nitrogens with one attached hydrogen (secondary N) is 1. The summed E-state index contributed by atoms with van der Waals surface area (Å²) in [6.45, 7) is 2.23. The van der Waals surface area contributed by atoms with Crippen molar-refractivity contribution in [2.75, 3.05) is 5.32 Å². The van der Waals surface area contributed by atoms with Crippen molar-refractivity contribution in [2.45, 2.75) is 38.6 Å².